The Morgan fingerprint density at radius 3 is 2.08 bits per heavy atom. The first-order valence-corrected chi connectivity index (χ1v) is 4.79. The van der Waals surface area contributed by atoms with Gasteiger partial charge in [0.2, 0.25) is 5.91 Å². The SMILES string of the molecule is CC(O)CN(C)C(=O)C(C)C(C)C. The molecule has 0 aromatic heterocycles. The zero-order valence-corrected chi connectivity index (χ0v) is 9.24. The summed E-state index contributed by atoms with van der Waals surface area (Å²) in [5.74, 6) is 0.489. The molecule has 2 atom stereocenters. The topological polar surface area (TPSA) is 40.5 Å². The zero-order valence-electron chi connectivity index (χ0n) is 9.24. The molecule has 0 saturated carbocycles. The fraction of sp³-hybridized carbons (Fsp3) is 0.900. The second kappa shape index (κ2) is 5.22. The minimum atomic E-state index is -0.451. The Morgan fingerprint density at radius 2 is 1.77 bits per heavy atom. The van der Waals surface area contributed by atoms with Crippen LogP contribution in [0.5, 0.6) is 0 Å². The number of aliphatic hydroxyl groups is 1. The predicted octanol–water partition coefficient (Wildman–Crippen LogP) is 1.12. The molecule has 0 radical (unpaired) electrons. The van der Waals surface area contributed by atoms with Crippen LogP contribution in [0.15, 0.2) is 0 Å². The number of rotatable bonds is 4. The number of aliphatic hydroxyl groups excluding tert-OH is 1. The third-order valence-electron chi connectivity index (χ3n) is 2.30. The number of hydrogen-bond acceptors (Lipinski definition) is 2. The summed E-state index contributed by atoms with van der Waals surface area (Å²) in [6.07, 6.45) is -0.451. The summed E-state index contributed by atoms with van der Waals surface area (Å²) in [5, 5.41) is 9.10. The highest BCUT2D eigenvalue weighted by atomic mass is 16.3. The molecule has 3 nitrogen and oxygen atoms in total. The molecular weight excluding hydrogens is 166 g/mol. The molecule has 78 valence electrons. The molecule has 0 bridgehead atoms. The number of hydrogen-bond donors (Lipinski definition) is 1. The molecule has 0 aliphatic carbocycles. The van der Waals surface area contributed by atoms with Gasteiger partial charge in [0.1, 0.15) is 0 Å². The van der Waals surface area contributed by atoms with Crippen molar-refractivity contribution in [3.05, 3.63) is 0 Å². The van der Waals surface area contributed by atoms with Crippen LogP contribution in [0.4, 0.5) is 0 Å². The lowest BCUT2D eigenvalue weighted by molar-refractivity contribution is -0.136. The standard InChI is InChI=1S/C10H21NO2/c1-7(2)9(4)10(13)11(5)6-8(3)12/h7-9,12H,6H2,1-5H3. The molecule has 0 rings (SSSR count). The summed E-state index contributed by atoms with van der Waals surface area (Å²) in [5.41, 5.74) is 0. The molecule has 1 N–H and O–H groups in total. The van der Waals surface area contributed by atoms with E-state index in [0.29, 0.717) is 12.5 Å². The van der Waals surface area contributed by atoms with Crippen molar-refractivity contribution in [1.29, 1.82) is 0 Å². The molecule has 13 heavy (non-hydrogen) atoms. The fourth-order valence-corrected chi connectivity index (χ4v) is 1.12. The van der Waals surface area contributed by atoms with Crippen molar-refractivity contribution < 1.29 is 9.90 Å². The molecule has 0 heterocycles. The smallest absolute Gasteiger partial charge is 0.225 e. The van der Waals surface area contributed by atoms with Crippen LogP contribution in [-0.2, 0) is 4.79 Å². The van der Waals surface area contributed by atoms with Crippen molar-refractivity contribution in [1.82, 2.24) is 4.90 Å². The van der Waals surface area contributed by atoms with Gasteiger partial charge in [0.25, 0.3) is 0 Å². The summed E-state index contributed by atoms with van der Waals surface area (Å²) in [6.45, 7) is 8.07. The van der Waals surface area contributed by atoms with E-state index in [-0.39, 0.29) is 11.8 Å². The van der Waals surface area contributed by atoms with Crippen LogP contribution >= 0.6 is 0 Å². The molecule has 0 aliphatic rings. The van der Waals surface area contributed by atoms with Crippen molar-refractivity contribution in [2.45, 2.75) is 33.8 Å². The number of carbonyl (C=O) groups excluding carboxylic acids is 1. The van der Waals surface area contributed by atoms with Gasteiger partial charge in [-0.25, -0.2) is 0 Å². The van der Waals surface area contributed by atoms with E-state index >= 15 is 0 Å². The highest BCUT2D eigenvalue weighted by molar-refractivity contribution is 5.78. The van der Waals surface area contributed by atoms with Gasteiger partial charge in [-0.05, 0) is 12.8 Å². The molecule has 0 spiro atoms. The highest BCUT2D eigenvalue weighted by Gasteiger charge is 2.20. The van der Waals surface area contributed by atoms with Gasteiger partial charge < -0.3 is 10.0 Å². The van der Waals surface area contributed by atoms with Crippen LogP contribution in [0.3, 0.4) is 0 Å². The predicted molar refractivity (Wildman–Crippen MR) is 53.3 cm³/mol. The molecule has 1 amide bonds. The number of nitrogens with zero attached hydrogens (tertiary/aromatic N) is 1. The molecule has 2 unspecified atom stereocenters. The first kappa shape index (κ1) is 12.4. The average Bonchev–Trinajstić information content (AvgIpc) is 2.00. The average molecular weight is 187 g/mol. The summed E-state index contributed by atoms with van der Waals surface area (Å²) in [6, 6.07) is 0. The third kappa shape index (κ3) is 4.27. The Bertz CT molecular complexity index is 166. The van der Waals surface area contributed by atoms with Crippen LogP contribution in [0.1, 0.15) is 27.7 Å². The Hall–Kier alpha value is -0.570. The molecule has 0 aromatic rings. The minimum Gasteiger partial charge on any atom is -0.392 e. The molecule has 0 aromatic carbocycles. The van der Waals surface area contributed by atoms with Crippen molar-refractivity contribution in [3.8, 4) is 0 Å². The van der Waals surface area contributed by atoms with Crippen molar-refractivity contribution in [3.63, 3.8) is 0 Å². The van der Waals surface area contributed by atoms with Gasteiger partial charge in [-0.3, -0.25) is 4.79 Å². The van der Waals surface area contributed by atoms with E-state index in [1.165, 1.54) is 0 Å². The van der Waals surface area contributed by atoms with E-state index < -0.39 is 6.10 Å². The van der Waals surface area contributed by atoms with E-state index in [1.54, 1.807) is 18.9 Å². The van der Waals surface area contributed by atoms with Gasteiger partial charge >= 0.3 is 0 Å². The van der Waals surface area contributed by atoms with Crippen molar-refractivity contribution in [2.24, 2.45) is 11.8 Å². The van der Waals surface area contributed by atoms with Crippen LogP contribution in [0, 0.1) is 11.8 Å². The molecule has 0 fully saturated rings. The maximum absolute atomic E-state index is 11.6. The third-order valence-corrected chi connectivity index (χ3v) is 2.30. The summed E-state index contributed by atoms with van der Waals surface area (Å²) < 4.78 is 0. The van der Waals surface area contributed by atoms with Crippen LogP contribution in [0.25, 0.3) is 0 Å². The number of carbonyl (C=O) groups is 1. The Balaban J connectivity index is 4.09. The molecule has 0 aliphatic heterocycles. The van der Waals surface area contributed by atoms with Gasteiger partial charge in [0, 0.05) is 19.5 Å². The van der Waals surface area contributed by atoms with E-state index in [9.17, 15) is 4.79 Å². The quantitative estimate of drug-likeness (QED) is 0.716. The van der Waals surface area contributed by atoms with Crippen molar-refractivity contribution in [2.75, 3.05) is 13.6 Å². The first-order chi connectivity index (χ1) is 5.86. The van der Waals surface area contributed by atoms with E-state index in [0.717, 1.165) is 0 Å². The van der Waals surface area contributed by atoms with E-state index in [4.69, 9.17) is 5.11 Å². The monoisotopic (exact) mass is 187 g/mol. The molecule has 0 saturated heterocycles. The zero-order chi connectivity index (χ0) is 10.6. The lowest BCUT2D eigenvalue weighted by atomic mass is 9.97. The molecular formula is C10H21NO2. The van der Waals surface area contributed by atoms with Crippen LogP contribution in [0.2, 0.25) is 0 Å². The minimum absolute atomic E-state index is 0.0312. The first-order valence-electron chi connectivity index (χ1n) is 4.79. The number of amides is 1. The maximum Gasteiger partial charge on any atom is 0.225 e. The Labute approximate surface area is 80.7 Å². The summed E-state index contributed by atoms with van der Waals surface area (Å²) in [7, 11) is 1.73. The van der Waals surface area contributed by atoms with Gasteiger partial charge in [0.05, 0.1) is 6.10 Å². The lowest BCUT2D eigenvalue weighted by Gasteiger charge is -2.24. The van der Waals surface area contributed by atoms with Gasteiger partial charge in [-0.1, -0.05) is 20.8 Å². The van der Waals surface area contributed by atoms with Crippen LogP contribution < -0.4 is 0 Å². The Kier molecular flexibility index (Phi) is 4.99. The molecule has 3 heteroatoms. The highest BCUT2D eigenvalue weighted by Crippen LogP contribution is 2.12. The normalized spacial score (nSPS) is 15.6. The van der Waals surface area contributed by atoms with Gasteiger partial charge in [-0.15, -0.1) is 0 Å². The van der Waals surface area contributed by atoms with Gasteiger partial charge in [-0.2, -0.15) is 0 Å². The van der Waals surface area contributed by atoms with Crippen molar-refractivity contribution >= 4 is 5.91 Å². The maximum atomic E-state index is 11.6. The van der Waals surface area contributed by atoms with Gasteiger partial charge in [0.15, 0.2) is 0 Å². The summed E-state index contributed by atoms with van der Waals surface area (Å²) in [4.78, 5) is 13.2. The van der Waals surface area contributed by atoms with Crippen LogP contribution in [-0.4, -0.2) is 35.6 Å². The van der Waals surface area contributed by atoms with E-state index in [1.807, 2.05) is 20.8 Å². The lowest BCUT2D eigenvalue weighted by Crippen LogP contribution is -2.38. The second-order valence-electron chi connectivity index (χ2n) is 4.10. The fourth-order valence-electron chi connectivity index (χ4n) is 1.12. The Morgan fingerprint density at radius 1 is 1.31 bits per heavy atom. The second-order valence-corrected chi connectivity index (χ2v) is 4.10. The number of likely N-dealkylation sites (N-methyl/N-ethyl adjacent to an activating group) is 1. The summed E-state index contributed by atoms with van der Waals surface area (Å²) >= 11 is 0. The largest absolute Gasteiger partial charge is 0.392 e. The van der Waals surface area contributed by atoms with E-state index in [2.05, 4.69) is 0 Å².